The third-order valence-corrected chi connectivity index (χ3v) is 7.92. The lowest BCUT2D eigenvalue weighted by Crippen LogP contribution is -2.44. The maximum Gasteiger partial charge on any atom is 0.133 e. The van der Waals surface area contributed by atoms with Crippen LogP contribution < -0.4 is 0 Å². The van der Waals surface area contributed by atoms with E-state index in [4.69, 9.17) is 0 Å². The lowest BCUT2D eigenvalue weighted by atomic mass is 9.53. The minimum Gasteiger partial charge on any atom is -0.300 e. The average Bonchev–Trinajstić information content (AvgIpc) is 2.71. The molecule has 0 heterocycles. The van der Waals surface area contributed by atoms with Gasteiger partial charge in [-0.2, -0.15) is 0 Å². The molecule has 2 bridgehead atoms. The van der Waals surface area contributed by atoms with Crippen molar-refractivity contribution in [3.63, 3.8) is 0 Å². The Labute approximate surface area is 118 Å². The zero-order chi connectivity index (χ0) is 13.9. The smallest absolute Gasteiger partial charge is 0.133 e. The number of carbonyl (C=O) groups excluding carboxylic acids is 1. The molecule has 3 aliphatic carbocycles. The minimum atomic E-state index is 0.344. The largest absolute Gasteiger partial charge is 0.300 e. The molecule has 0 amide bonds. The van der Waals surface area contributed by atoms with E-state index in [1.807, 2.05) is 0 Å². The first-order valence-electron chi connectivity index (χ1n) is 8.37. The van der Waals surface area contributed by atoms with Crippen LogP contribution in [-0.2, 0) is 4.79 Å². The van der Waals surface area contributed by atoms with Crippen LogP contribution in [-0.4, -0.2) is 5.78 Å². The second-order valence-corrected chi connectivity index (χ2v) is 8.45. The van der Waals surface area contributed by atoms with E-state index < -0.39 is 0 Å². The third-order valence-electron chi connectivity index (χ3n) is 7.92. The van der Waals surface area contributed by atoms with Gasteiger partial charge in [0.15, 0.2) is 0 Å². The maximum absolute atomic E-state index is 12.1. The molecule has 0 saturated heterocycles. The highest BCUT2D eigenvalue weighted by atomic mass is 16.1. The molecular weight excluding hydrogens is 232 g/mol. The monoisotopic (exact) mass is 262 g/mol. The lowest BCUT2D eigenvalue weighted by Gasteiger charge is -2.51. The van der Waals surface area contributed by atoms with Gasteiger partial charge in [-0.05, 0) is 66.6 Å². The molecule has 0 radical (unpaired) electrons. The Morgan fingerprint density at radius 1 is 1.21 bits per heavy atom. The van der Waals surface area contributed by atoms with Crippen LogP contribution in [0.5, 0.6) is 0 Å². The van der Waals surface area contributed by atoms with E-state index in [-0.39, 0.29) is 0 Å². The number of fused-ring (bicyclic) bond motifs is 2. The van der Waals surface area contributed by atoms with Gasteiger partial charge in [0.25, 0.3) is 0 Å². The number of ketones is 1. The van der Waals surface area contributed by atoms with E-state index in [0.717, 1.165) is 31.1 Å². The Hall–Kier alpha value is -0.330. The van der Waals surface area contributed by atoms with Gasteiger partial charge in [-0.25, -0.2) is 0 Å². The first-order valence-corrected chi connectivity index (χ1v) is 8.37. The third kappa shape index (κ3) is 1.63. The second kappa shape index (κ2) is 4.09. The lowest BCUT2D eigenvalue weighted by molar-refractivity contribution is -0.128. The van der Waals surface area contributed by atoms with Crippen molar-refractivity contribution in [1.29, 1.82) is 0 Å². The molecule has 3 aliphatic rings. The number of hydrogen-bond donors (Lipinski definition) is 0. The summed E-state index contributed by atoms with van der Waals surface area (Å²) in [4.78, 5) is 12.1. The number of rotatable bonds is 2. The van der Waals surface area contributed by atoms with E-state index in [0.29, 0.717) is 22.0 Å². The summed E-state index contributed by atoms with van der Waals surface area (Å²) in [6.45, 7) is 9.87. The molecule has 0 aliphatic heterocycles. The van der Waals surface area contributed by atoms with Crippen LogP contribution in [0.2, 0.25) is 0 Å². The molecule has 0 N–H and O–H groups in total. The molecule has 0 aromatic carbocycles. The van der Waals surface area contributed by atoms with Gasteiger partial charge in [-0.3, -0.25) is 4.79 Å². The van der Waals surface area contributed by atoms with Crippen LogP contribution in [0.1, 0.15) is 79.1 Å². The van der Waals surface area contributed by atoms with Crippen molar-refractivity contribution in [2.45, 2.75) is 79.1 Å². The van der Waals surface area contributed by atoms with E-state index >= 15 is 0 Å². The van der Waals surface area contributed by atoms with Gasteiger partial charge in [0.05, 0.1) is 0 Å². The Morgan fingerprint density at radius 2 is 1.95 bits per heavy atom. The molecule has 0 aromatic rings. The summed E-state index contributed by atoms with van der Waals surface area (Å²) in [6, 6.07) is 0. The first-order chi connectivity index (χ1) is 8.86. The van der Waals surface area contributed by atoms with Gasteiger partial charge < -0.3 is 0 Å². The fourth-order valence-electron chi connectivity index (χ4n) is 6.18. The van der Waals surface area contributed by atoms with E-state index in [1.165, 1.54) is 32.1 Å². The molecule has 108 valence electrons. The van der Waals surface area contributed by atoms with Crippen molar-refractivity contribution in [1.82, 2.24) is 0 Å². The summed E-state index contributed by atoms with van der Waals surface area (Å²) >= 11 is 0. The molecule has 0 aromatic heterocycles. The summed E-state index contributed by atoms with van der Waals surface area (Å²) in [5.74, 6) is 2.24. The minimum absolute atomic E-state index is 0.344. The predicted molar refractivity (Wildman–Crippen MR) is 78.9 cm³/mol. The van der Waals surface area contributed by atoms with Crippen LogP contribution in [0.4, 0.5) is 0 Å². The van der Waals surface area contributed by atoms with E-state index in [1.54, 1.807) is 0 Å². The molecule has 3 rings (SSSR count). The summed E-state index contributed by atoms with van der Waals surface area (Å²) in [7, 11) is 0. The zero-order valence-corrected chi connectivity index (χ0v) is 13.2. The molecule has 1 heteroatoms. The molecule has 1 unspecified atom stereocenters. The predicted octanol–water partition coefficient (Wildman–Crippen LogP) is 4.99. The summed E-state index contributed by atoms with van der Waals surface area (Å²) in [5, 5.41) is 0. The van der Waals surface area contributed by atoms with Gasteiger partial charge in [-0.1, -0.05) is 27.7 Å². The average molecular weight is 262 g/mol. The number of hydrogen-bond acceptors (Lipinski definition) is 1. The molecule has 4 atom stereocenters. The highest BCUT2D eigenvalue weighted by molar-refractivity contribution is 5.80. The van der Waals surface area contributed by atoms with Gasteiger partial charge in [0, 0.05) is 12.8 Å². The van der Waals surface area contributed by atoms with Crippen molar-refractivity contribution in [3.8, 4) is 0 Å². The topological polar surface area (TPSA) is 17.1 Å². The molecule has 0 spiro atoms. The van der Waals surface area contributed by atoms with Crippen molar-refractivity contribution in [2.24, 2.45) is 28.1 Å². The van der Waals surface area contributed by atoms with Crippen molar-refractivity contribution < 1.29 is 4.79 Å². The van der Waals surface area contributed by atoms with E-state index in [2.05, 4.69) is 27.7 Å². The summed E-state index contributed by atoms with van der Waals surface area (Å²) in [6.07, 6.45) is 9.60. The van der Waals surface area contributed by atoms with Gasteiger partial charge in [0.2, 0.25) is 0 Å². The summed E-state index contributed by atoms with van der Waals surface area (Å²) in [5.41, 5.74) is 1.31. The Kier molecular flexibility index (Phi) is 2.93. The van der Waals surface area contributed by atoms with E-state index in [9.17, 15) is 4.79 Å². The SMILES string of the molecule is CCC1([C@@H]2C[C@H]3CC[C@]2(C)C3(C)C)CCCC(=O)C1. The zero-order valence-electron chi connectivity index (χ0n) is 13.2. The summed E-state index contributed by atoms with van der Waals surface area (Å²) < 4.78 is 0. The van der Waals surface area contributed by atoms with Crippen molar-refractivity contribution >= 4 is 5.78 Å². The normalized spacial score (nSPS) is 48.7. The van der Waals surface area contributed by atoms with Crippen LogP contribution >= 0.6 is 0 Å². The van der Waals surface area contributed by atoms with Gasteiger partial charge >= 0.3 is 0 Å². The molecule has 3 saturated carbocycles. The fourth-order valence-corrected chi connectivity index (χ4v) is 6.18. The van der Waals surface area contributed by atoms with Gasteiger partial charge in [0.1, 0.15) is 5.78 Å². The number of Topliss-reactive ketones (excluding diaryl/α,β-unsaturated/α-hetero) is 1. The molecule has 3 fully saturated rings. The maximum atomic E-state index is 12.1. The standard InChI is InChI=1S/C18H30O/c1-5-18(9-6-7-14(19)12-18)15-11-13-8-10-17(15,4)16(13,2)3/h13,15H,5-12H2,1-4H3/t13-,15-,17+,18?/m1/s1. The van der Waals surface area contributed by atoms with Crippen molar-refractivity contribution in [2.75, 3.05) is 0 Å². The Morgan fingerprint density at radius 3 is 2.42 bits per heavy atom. The van der Waals surface area contributed by atoms with Gasteiger partial charge in [-0.15, -0.1) is 0 Å². The molecule has 1 nitrogen and oxygen atoms in total. The highest BCUT2D eigenvalue weighted by Crippen LogP contribution is 2.73. The molecule has 19 heavy (non-hydrogen) atoms. The fraction of sp³-hybridized carbons (Fsp3) is 0.944. The van der Waals surface area contributed by atoms with Crippen LogP contribution in [0, 0.1) is 28.1 Å². The highest BCUT2D eigenvalue weighted by Gasteiger charge is 2.65. The second-order valence-electron chi connectivity index (χ2n) is 8.45. The van der Waals surface area contributed by atoms with Crippen LogP contribution in [0.15, 0.2) is 0 Å². The Bertz CT molecular complexity index is 396. The Balaban J connectivity index is 1.96. The quantitative estimate of drug-likeness (QED) is 0.685. The van der Waals surface area contributed by atoms with Crippen LogP contribution in [0.3, 0.4) is 0 Å². The number of carbonyl (C=O) groups is 1. The molecular formula is C18H30O. The first kappa shape index (κ1) is 13.6. The van der Waals surface area contributed by atoms with Crippen molar-refractivity contribution in [3.05, 3.63) is 0 Å². The van der Waals surface area contributed by atoms with Crippen LogP contribution in [0.25, 0.3) is 0 Å².